The molecule has 1 atom stereocenters. The number of thiophene rings is 2. The highest BCUT2D eigenvalue weighted by atomic mass is 32.1. The van der Waals surface area contributed by atoms with E-state index in [0.29, 0.717) is 13.0 Å². The van der Waals surface area contributed by atoms with Gasteiger partial charge in [-0.1, -0.05) is 18.2 Å². The number of aryl methyl sites for hydroxylation is 1. The van der Waals surface area contributed by atoms with Crippen LogP contribution >= 0.6 is 22.7 Å². The number of carbonyl (C=O) groups is 1. The fourth-order valence-corrected chi connectivity index (χ4v) is 5.20. The molecule has 4 rings (SSSR count). The molecule has 0 saturated carbocycles. The van der Waals surface area contributed by atoms with Crippen LogP contribution in [0.4, 0.5) is 0 Å². The van der Waals surface area contributed by atoms with Gasteiger partial charge in [0.25, 0.3) is 0 Å². The van der Waals surface area contributed by atoms with Crippen molar-refractivity contribution >= 4 is 28.6 Å². The van der Waals surface area contributed by atoms with E-state index in [-0.39, 0.29) is 11.9 Å². The van der Waals surface area contributed by atoms with Crippen LogP contribution in [-0.4, -0.2) is 24.0 Å². The summed E-state index contributed by atoms with van der Waals surface area (Å²) in [7, 11) is 0. The monoisotopic (exact) mass is 383 g/mol. The van der Waals surface area contributed by atoms with Gasteiger partial charge in [-0.3, -0.25) is 4.79 Å². The second-order valence-electron chi connectivity index (χ2n) is 6.47. The van der Waals surface area contributed by atoms with Gasteiger partial charge in [0.2, 0.25) is 5.91 Å². The van der Waals surface area contributed by atoms with Gasteiger partial charge in [0.05, 0.1) is 19.1 Å². The van der Waals surface area contributed by atoms with Gasteiger partial charge in [0, 0.05) is 16.3 Å². The molecule has 3 heterocycles. The van der Waals surface area contributed by atoms with Gasteiger partial charge in [0.1, 0.15) is 5.75 Å². The van der Waals surface area contributed by atoms with Gasteiger partial charge in [-0.2, -0.15) is 0 Å². The molecule has 1 amide bonds. The molecule has 1 aliphatic rings. The smallest absolute Gasteiger partial charge is 0.226 e. The summed E-state index contributed by atoms with van der Waals surface area (Å²) in [6, 6.07) is 14.4. The average molecular weight is 384 g/mol. The molecule has 0 N–H and O–H groups in total. The summed E-state index contributed by atoms with van der Waals surface area (Å²) < 4.78 is 5.79. The minimum atomic E-state index is 0.0523. The molecule has 134 valence electrons. The van der Waals surface area contributed by atoms with Crippen molar-refractivity contribution in [1.29, 1.82) is 0 Å². The van der Waals surface area contributed by atoms with Gasteiger partial charge in [-0.25, -0.2) is 0 Å². The first kappa shape index (κ1) is 17.3. The molecule has 2 aromatic heterocycles. The highest BCUT2D eigenvalue weighted by molar-refractivity contribution is 7.10. The molecular weight excluding hydrogens is 362 g/mol. The quantitative estimate of drug-likeness (QED) is 0.616. The Hall–Kier alpha value is -2.11. The Morgan fingerprint density at radius 3 is 2.92 bits per heavy atom. The van der Waals surface area contributed by atoms with E-state index in [1.54, 1.807) is 22.7 Å². The summed E-state index contributed by atoms with van der Waals surface area (Å²) >= 11 is 3.52. The highest BCUT2D eigenvalue weighted by Crippen LogP contribution is 2.39. The van der Waals surface area contributed by atoms with Crippen LogP contribution in [-0.2, 0) is 11.2 Å². The van der Waals surface area contributed by atoms with Gasteiger partial charge >= 0.3 is 0 Å². The summed E-state index contributed by atoms with van der Waals surface area (Å²) in [6.45, 7) is 3.22. The van der Waals surface area contributed by atoms with Crippen molar-refractivity contribution < 1.29 is 9.53 Å². The summed E-state index contributed by atoms with van der Waals surface area (Å²) in [6.07, 6.45) is 1.34. The van der Waals surface area contributed by atoms with E-state index in [2.05, 4.69) is 29.0 Å². The third kappa shape index (κ3) is 3.55. The zero-order valence-electron chi connectivity index (χ0n) is 14.7. The number of carbonyl (C=O) groups excluding carboxylic acids is 1. The lowest BCUT2D eigenvalue weighted by Gasteiger charge is -2.35. The van der Waals surface area contributed by atoms with E-state index < -0.39 is 0 Å². The Balaban J connectivity index is 1.46. The standard InChI is InChI=1S/C21H21NO2S2/c1-15-4-2-5-16(14-15)24-11-8-20(23)22-10-7-18-17(9-13-26-18)21(22)19-6-3-12-25-19/h2-6,9,12-14,21H,7-8,10-11H2,1H3/t21-/m1/s1. The molecule has 5 heteroatoms. The number of nitrogens with zero attached hydrogens (tertiary/aromatic N) is 1. The van der Waals surface area contributed by atoms with Crippen molar-refractivity contribution in [3.05, 3.63) is 74.1 Å². The summed E-state index contributed by atoms with van der Waals surface area (Å²) in [5.74, 6) is 0.985. The van der Waals surface area contributed by atoms with Crippen molar-refractivity contribution in [2.75, 3.05) is 13.2 Å². The second-order valence-corrected chi connectivity index (χ2v) is 8.45. The summed E-state index contributed by atoms with van der Waals surface area (Å²) in [5.41, 5.74) is 2.45. The summed E-state index contributed by atoms with van der Waals surface area (Å²) in [5, 5.41) is 4.22. The van der Waals surface area contributed by atoms with Crippen LogP contribution in [0.1, 0.15) is 33.3 Å². The van der Waals surface area contributed by atoms with E-state index in [1.165, 1.54) is 15.3 Å². The van der Waals surface area contributed by atoms with E-state index in [4.69, 9.17) is 4.74 Å². The lowest BCUT2D eigenvalue weighted by molar-refractivity contribution is -0.133. The van der Waals surface area contributed by atoms with Crippen molar-refractivity contribution in [2.24, 2.45) is 0 Å². The second kappa shape index (κ2) is 7.64. The predicted molar refractivity (Wildman–Crippen MR) is 107 cm³/mol. The first-order chi connectivity index (χ1) is 12.7. The lowest BCUT2D eigenvalue weighted by Crippen LogP contribution is -2.40. The third-order valence-electron chi connectivity index (χ3n) is 4.67. The van der Waals surface area contributed by atoms with Crippen molar-refractivity contribution in [3.63, 3.8) is 0 Å². The minimum absolute atomic E-state index is 0.0523. The predicted octanol–water partition coefficient (Wildman–Crippen LogP) is 5.06. The topological polar surface area (TPSA) is 29.5 Å². The van der Waals surface area contributed by atoms with E-state index in [0.717, 1.165) is 24.3 Å². The lowest BCUT2D eigenvalue weighted by atomic mass is 9.98. The molecule has 0 radical (unpaired) electrons. The fourth-order valence-electron chi connectivity index (χ4n) is 3.44. The van der Waals surface area contributed by atoms with Gasteiger partial charge in [-0.05, 0) is 59.5 Å². The average Bonchev–Trinajstić information content (AvgIpc) is 3.32. The van der Waals surface area contributed by atoms with Crippen LogP contribution in [0.5, 0.6) is 5.75 Å². The maximum absolute atomic E-state index is 12.9. The van der Waals surface area contributed by atoms with Crippen LogP contribution in [0.3, 0.4) is 0 Å². The van der Waals surface area contributed by atoms with Crippen LogP contribution in [0, 0.1) is 6.92 Å². The van der Waals surface area contributed by atoms with E-state index in [9.17, 15) is 4.79 Å². The largest absolute Gasteiger partial charge is 0.493 e. The van der Waals surface area contributed by atoms with Crippen molar-refractivity contribution in [1.82, 2.24) is 4.90 Å². The highest BCUT2D eigenvalue weighted by Gasteiger charge is 2.33. The Morgan fingerprint density at radius 1 is 1.19 bits per heavy atom. The zero-order chi connectivity index (χ0) is 17.9. The van der Waals surface area contributed by atoms with Crippen LogP contribution in [0.2, 0.25) is 0 Å². The van der Waals surface area contributed by atoms with Crippen LogP contribution < -0.4 is 4.74 Å². The zero-order valence-corrected chi connectivity index (χ0v) is 16.3. The van der Waals surface area contributed by atoms with Crippen molar-refractivity contribution in [3.8, 4) is 5.75 Å². The van der Waals surface area contributed by atoms with Gasteiger partial charge < -0.3 is 9.64 Å². The Kier molecular flexibility index (Phi) is 5.09. The van der Waals surface area contributed by atoms with Gasteiger partial charge in [0.15, 0.2) is 0 Å². The van der Waals surface area contributed by atoms with Crippen LogP contribution in [0.15, 0.2) is 53.2 Å². The molecule has 0 fully saturated rings. The number of fused-ring (bicyclic) bond motifs is 1. The fraction of sp³-hybridized carbons (Fsp3) is 0.286. The Morgan fingerprint density at radius 2 is 2.12 bits per heavy atom. The molecule has 0 bridgehead atoms. The minimum Gasteiger partial charge on any atom is -0.493 e. The maximum atomic E-state index is 12.9. The maximum Gasteiger partial charge on any atom is 0.226 e. The molecule has 3 nitrogen and oxygen atoms in total. The third-order valence-corrected chi connectivity index (χ3v) is 6.59. The van der Waals surface area contributed by atoms with Crippen molar-refractivity contribution in [2.45, 2.75) is 25.8 Å². The molecule has 0 saturated heterocycles. The van der Waals surface area contributed by atoms with Gasteiger partial charge in [-0.15, -0.1) is 22.7 Å². The van der Waals surface area contributed by atoms with Crippen LogP contribution in [0.25, 0.3) is 0 Å². The number of hydrogen-bond acceptors (Lipinski definition) is 4. The van der Waals surface area contributed by atoms with E-state index >= 15 is 0 Å². The number of amides is 1. The van der Waals surface area contributed by atoms with E-state index in [1.807, 2.05) is 36.1 Å². The number of ether oxygens (including phenoxy) is 1. The molecule has 1 aliphatic heterocycles. The molecule has 26 heavy (non-hydrogen) atoms. The first-order valence-electron chi connectivity index (χ1n) is 8.81. The first-order valence-corrected chi connectivity index (χ1v) is 10.6. The number of rotatable bonds is 5. The molecule has 0 aliphatic carbocycles. The SMILES string of the molecule is Cc1cccc(OCCC(=O)N2CCc3sccc3[C@@H]2c2cccs2)c1. The normalized spacial score (nSPS) is 16.3. The Bertz CT molecular complexity index is 885. The number of hydrogen-bond donors (Lipinski definition) is 0. The molecule has 0 spiro atoms. The molecule has 3 aromatic rings. The Labute approximate surface area is 161 Å². The summed E-state index contributed by atoms with van der Waals surface area (Å²) in [4.78, 5) is 17.6. The number of benzene rings is 1. The molecule has 1 aromatic carbocycles. The molecular formula is C21H21NO2S2. The molecule has 0 unspecified atom stereocenters.